The Morgan fingerprint density at radius 2 is 1.93 bits per heavy atom. The number of phenolic OH excluding ortho intramolecular Hbond substituents is 3. The van der Waals surface area contributed by atoms with Gasteiger partial charge in [0.2, 0.25) is 0 Å². The van der Waals surface area contributed by atoms with Gasteiger partial charge in [-0.25, -0.2) is 0 Å². The van der Waals surface area contributed by atoms with E-state index in [1.165, 1.54) is 13.0 Å². The molecule has 5 heteroatoms. The van der Waals surface area contributed by atoms with Gasteiger partial charge in [0.05, 0.1) is 11.3 Å². The van der Waals surface area contributed by atoms with E-state index in [1.54, 1.807) is 12.1 Å². The number of aromatic hydroxyl groups is 3. The van der Waals surface area contributed by atoms with Gasteiger partial charge >= 0.3 is 5.97 Å². The maximum atomic E-state index is 11.7. The Hall–Kier alpha value is -2.95. The zero-order chi connectivity index (χ0) is 19.5. The van der Waals surface area contributed by atoms with Gasteiger partial charge in [-0.15, -0.1) is 0 Å². The van der Waals surface area contributed by atoms with Crippen LogP contribution in [0.25, 0.3) is 10.8 Å². The van der Waals surface area contributed by atoms with Gasteiger partial charge in [0.1, 0.15) is 23.0 Å². The van der Waals surface area contributed by atoms with E-state index in [1.807, 2.05) is 12.2 Å². The molecule has 140 valence electrons. The third kappa shape index (κ3) is 2.65. The first kappa shape index (κ1) is 17.5. The number of fused-ring (bicyclic) bond motifs is 4. The highest BCUT2D eigenvalue weighted by molar-refractivity contribution is 6.00. The lowest BCUT2D eigenvalue weighted by molar-refractivity contribution is -0.137. The Balaban J connectivity index is 2.03. The molecule has 0 saturated heterocycles. The minimum atomic E-state index is -0.458. The van der Waals surface area contributed by atoms with Crippen LogP contribution in [0.5, 0.6) is 17.2 Å². The quantitative estimate of drug-likeness (QED) is 0.396. The molecule has 2 aromatic rings. The monoisotopic (exact) mass is 366 g/mol. The predicted octanol–water partition coefficient (Wildman–Crippen LogP) is 4.40. The predicted molar refractivity (Wildman–Crippen MR) is 102 cm³/mol. The lowest BCUT2D eigenvalue weighted by Gasteiger charge is -2.38. The second kappa shape index (κ2) is 5.78. The maximum Gasteiger partial charge on any atom is 0.307 e. The number of carbonyl (C=O) groups is 1. The zero-order valence-electron chi connectivity index (χ0n) is 15.5. The van der Waals surface area contributed by atoms with Crippen molar-refractivity contribution in [1.29, 1.82) is 0 Å². The summed E-state index contributed by atoms with van der Waals surface area (Å²) in [5, 5.41) is 32.8. The average molecular weight is 366 g/mol. The van der Waals surface area contributed by atoms with Gasteiger partial charge in [0.15, 0.2) is 0 Å². The van der Waals surface area contributed by atoms with Crippen LogP contribution in [0.1, 0.15) is 44.2 Å². The first-order valence-corrected chi connectivity index (χ1v) is 8.98. The first-order valence-electron chi connectivity index (χ1n) is 8.98. The van der Waals surface area contributed by atoms with Gasteiger partial charge in [-0.05, 0) is 30.4 Å². The molecule has 1 atom stereocenters. The van der Waals surface area contributed by atoms with Crippen LogP contribution in [0.4, 0.5) is 0 Å². The highest BCUT2D eigenvalue weighted by Crippen LogP contribution is 2.55. The molecule has 0 radical (unpaired) electrons. The molecule has 0 aromatic heterocycles. The third-order valence-corrected chi connectivity index (χ3v) is 5.37. The number of esters is 1. The van der Waals surface area contributed by atoms with Crippen molar-refractivity contribution in [3.63, 3.8) is 0 Å². The number of rotatable bonds is 1. The van der Waals surface area contributed by atoms with Gasteiger partial charge in [0.25, 0.3) is 0 Å². The van der Waals surface area contributed by atoms with Crippen molar-refractivity contribution in [2.24, 2.45) is 5.41 Å². The van der Waals surface area contributed by atoms with E-state index in [2.05, 4.69) is 13.8 Å². The number of hydrogen-bond acceptors (Lipinski definition) is 5. The maximum absolute atomic E-state index is 11.7. The Bertz CT molecular complexity index is 1040. The SMILES string of the molecule is CC(=O)OC1=CC(C)(C)CC2=CCc3c(c(O)c4c(O)cccc4c3O)C21. The number of benzene rings is 2. The molecule has 27 heavy (non-hydrogen) atoms. The highest BCUT2D eigenvalue weighted by atomic mass is 16.5. The van der Waals surface area contributed by atoms with Crippen LogP contribution in [-0.2, 0) is 16.0 Å². The highest BCUT2D eigenvalue weighted by Gasteiger charge is 2.40. The summed E-state index contributed by atoms with van der Waals surface area (Å²) in [4.78, 5) is 11.7. The Morgan fingerprint density at radius 1 is 1.19 bits per heavy atom. The van der Waals surface area contributed by atoms with Gasteiger partial charge in [0, 0.05) is 23.4 Å². The van der Waals surface area contributed by atoms with Crippen molar-refractivity contribution in [3.05, 3.63) is 52.8 Å². The lowest BCUT2D eigenvalue weighted by atomic mass is 9.68. The molecule has 0 spiro atoms. The molecule has 0 bridgehead atoms. The molecule has 2 aliphatic carbocycles. The van der Waals surface area contributed by atoms with Gasteiger partial charge in [-0.3, -0.25) is 4.79 Å². The summed E-state index contributed by atoms with van der Waals surface area (Å²) in [5.74, 6) is -0.581. The summed E-state index contributed by atoms with van der Waals surface area (Å²) in [5.41, 5.74) is 1.94. The number of ether oxygens (including phenoxy) is 1. The summed E-state index contributed by atoms with van der Waals surface area (Å²) in [6, 6.07) is 4.76. The average Bonchev–Trinajstić information content (AvgIpc) is 2.57. The van der Waals surface area contributed by atoms with E-state index in [0.717, 1.165) is 12.0 Å². The summed E-state index contributed by atoms with van der Waals surface area (Å²) in [7, 11) is 0. The molecule has 5 nitrogen and oxygen atoms in total. The molecule has 1 unspecified atom stereocenters. The van der Waals surface area contributed by atoms with Crippen molar-refractivity contribution in [2.45, 2.75) is 39.5 Å². The fraction of sp³-hybridized carbons (Fsp3) is 0.318. The number of phenols is 3. The summed E-state index contributed by atoms with van der Waals surface area (Å²) in [6.45, 7) is 5.47. The summed E-state index contributed by atoms with van der Waals surface area (Å²) in [6.07, 6.45) is 5.17. The molecular formula is C22H22O5. The minimum absolute atomic E-state index is 0.0380. The van der Waals surface area contributed by atoms with Gasteiger partial charge in [-0.2, -0.15) is 0 Å². The van der Waals surface area contributed by atoms with Crippen LogP contribution in [0.15, 0.2) is 41.7 Å². The van der Waals surface area contributed by atoms with Crippen molar-refractivity contribution in [1.82, 2.24) is 0 Å². The molecule has 0 fully saturated rings. The summed E-state index contributed by atoms with van der Waals surface area (Å²) < 4.78 is 5.52. The van der Waals surface area contributed by atoms with Crippen LogP contribution in [-0.4, -0.2) is 21.3 Å². The van der Waals surface area contributed by atoms with Crippen molar-refractivity contribution >= 4 is 16.7 Å². The van der Waals surface area contributed by atoms with Crippen LogP contribution in [0.2, 0.25) is 0 Å². The number of hydrogen-bond donors (Lipinski definition) is 3. The molecular weight excluding hydrogens is 344 g/mol. The first-order chi connectivity index (χ1) is 12.7. The van der Waals surface area contributed by atoms with Crippen molar-refractivity contribution in [3.8, 4) is 17.2 Å². The number of carbonyl (C=O) groups excluding carboxylic acids is 1. The second-order valence-electron chi connectivity index (χ2n) is 8.01. The van der Waals surface area contributed by atoms with Crippen LogP contribution >= 0.6 is 0 Å². The van der Waals surface area contributed by atoms with E-state index >= 15 is 0 Å². The molecule has 0 heterocycles. The zero-order valence-corrected chi connectivity index (χ0v) is 15.5. The normalized spacial score (nSPS) is 20.3. The van der Waals surface area contributed by atoms with Crippen LogP contribution in [0.3, 0.4) is 0 Å². The van der Waals surface area contributed by atoms with Crippen molar-refractivity contribution in [2.75, 3.05) is 0 Å². The van der Waals surface area contributed by atoms with Crippen LogP contribution in [0, 0.1) is 5.41 Å². The van der Waals surface area contributed by atoms with E-state index in [0.29, 0.717) is 28.7 Å². The minimum Gasteiger partial charge on any atom is -0.507 e. The molecule has 2 aliphatic rings. The molecule has 2 aromatic carbocycles. The Labute approximate surface area is 157 Å². The fourth-order valence-electron chi connectivity index (χ4n) is 4.41. The third-order valence-electron chi connectivity index (χ3n) is 5.37. The second-order valence-corrected chi connectivity index (χ2v) is 8.01. The van der Waals surface area contributed by atoms with Crippen LogP contribution < -0.4 is 0 Å². The largest absolute Gasteiger partial charge is 0.507 e. The van der Waals surface area contributed by atoms with Crippen molar-refractivity contribution < 1.29 is 24.9 Å². The molecule has 4 rings (SSSR count). The molecule has 0 aliphatic heterocycles. The lowest BCUT2D eigenvalue weighted by Crippen LogP contribution is -2.26. The van der Waals surface area contributed by atoms with Gasteiger partial charge in [-0.1, -0.05) is 37.6 Å². The Kier molecular flexibility index (Phi) is 3.74. The fourth-order valence-corrected chi connectivity index (χ4v) is 4.41. The van der Waals surface area contributed by atoms with E-state index < -0.39 is 11.9 Å². The molecule has 3 N–H and O–H groups in total. The standard InChI is InChI=1S/C22H22O5/c1-11(23)27-16-10-22(2,3)9-12-7-8-14-19(17(12)16)21(26)18-13(20(14)25)5-4-6-15(18)24/h4-7,10,17,24-26H,8-9H2,1-3H3. The topological polar surface area (TPSA) is 87.0 Å². The van der Waals surface area contributed by atoms with E-state index in [4.69, 9.17) is 4.74 Å². The van der Waals surface area contributed by atoms with Gasteiger partial charge < -0.3 is 20.1 Å². The van der Waals surface area contributed by atoms with E-state index in [9.17, 15) is 20.1 Å². The van der Waals surface area contributed by atoms with E-state index in [-0.39, 0.29) is 28.0 Å². The number of allylic oxidation sites excluding steroid dienone is 3. The molecule has 0 amide bonds. The Morgan fingerprint density at radius 3 is 2.63 bits per heavy atom. The smallest absolute Gasteiger partial charge is 0.307 e. The summed E-state index contributed by atoms with van der Waals surface area (Å²) >= 11 is 0. The molecule has 0 saturated carbocycles.